The molecule has 4 heteroatoms. The van der Waals surface area contributed by atoms with Gasteiger partial charge < -0.3 is 4.74 Å². The van der Waals surface area contributed by atoms with Gasteiger partial charge in [0, 0.05) is 11.1 Å². The number of rotatable bonds is 1. The molecule has 1 heterocycles. The summed E-state index contributed by atoms with van der Waals surface area (Å²) >= 11 is 5.89. The van der Waals surface area contributed by atoms with Crippen LogP contribution in [0.5, 0.6) is 5.75 Å². The van der Waals surface area contributed by atoms with E-state index in [2.05, 4.69) is 0 Å². The Morgan fingerprint density at radius 3 is 3.00 bits per heavy atom. The van der Waals surface area contributed by atoms with Gasteiger partial charge in [-0.1, -0.05) is 11.6 Å². The minimum Gasteiger partial charge on any atom is -0.488 e. The monoisotopic (exact) mass is 212 g/mol. The first-order chi connectivity index (χ1) is 6.72. The molecule has 0 bridgehead atoms. The molecule has 0 aliphatic carbocycles. The van der Waals surface area contributed by atoms with Crippen molar-refractivity contribution in [3.05, 3.63) is 35.2 Å². The van der Waals surface area contributed by atoms with Gasteiger partial charge in [0.05, 0.1) is 5.03 Å². The Hall–Kier alpha value is -1.35. The molecule has 0 saturated heterocycles. The van der Waals surface area contributed by atoms with E-state index >= 15 is 0 Å². The molecule has 0 spiro atoms. The van der Waals surface area contributed by atoms with Gasteiger partial charge in [-0.2, -0.15) is 0 Å². The van der Waals surface area contributed by atoms with Crippen LogP contribution in [0.15, 0.2) is 23.8 Å². The molecule has 1 aliphatic heterocycles. The first kappa shape index (κ1) is 9.21. The number of carbonyl (C=O) groups is 1. The molecule has 0 unspecified atom stereocenters. The van der Waals surface area contributed by atoms with Gasteiger partial charge in [0.2, 0.25) is 0 Å². The summed E-state index contributed by atoms with van der Waals surface area (Å²) in [5, 5.41) is 0.265. The minimum atomic E-state index is -0.405. The van der Waals surface area contributed by atoms with Crippen LogP contribution < -0.4 is 4.74 Å². The van der Waals surface area contributed by atoms with Crippen molar-refractivity contribution in [3.63, 3.8) is 0 Å². The first-order valence-electron chi connectivity index (χ1n) is 3.99. The highest BCUT2D eigenvalue weighted by Gasteiger charge is 2.18. The van der Waals surface area contributed by atoms with Crippen LogP contribution in [0.2, 0.25) is 0 Å². The molecule has 0 radical (unpaired) electrons. The largest absolute Gasteiger partial charge is 0.488 e. The molecular formula is C10H6ClFO2. The van der Waals surface area contributed by atoms with E-state index in [1.54, 1.807) is 0 Å². The Morgan fingerprint density at radius 2 is 2.29 bits per heavy atom. The fourth-order valence-electron chi connectivity index (χ4n) is 1.28. The van der Waals surface area contributed by atoms with E-state index in [0.29, 0.717) is 23.2 Å². The Labute approximate surface area is 84.9 Å². The van der Waals surface area contributed by atoms with E-state index in [1.807, 2.05) is 0 Å². The molecule has 1 aromatic carbocycles. The lowest BCUT2D eigenvalue weighted by molar-refractivity contribution is -0.105. The van der Waals surface area contributed by atoms with Gasteiger partial charge in [0.25, 0.3) is 0 Å². The summed E-state index contributed by atoms with van der Waals surface area (Å²) in [7, 11) is 0. The standard InChI is InChI=1S/C10H6ClFO2/c11-10-6(4-13)5-14-9-2-1-7(12)3-8(9)10/h1-4H,5H2. The molecule has 72 valence electrons. The van der Waals surface area contributed by atoms with Crippen LogP contribution in [-0.2, 0) is 4.79 Å². The zero-order valence-corrected chi connectivity index (χ0v) is 7.84. The van der Waals surface area contributed by atoms with Crippen molar-refractivity contribution >= 4 is 22.9 Å². The number of hydrogen-bond donors (Lipinski definition) is 0. The van der Waals surface area contributed by atoms with Crippen LogP contribution in [0, 0.1) is 5.82 Å². The van der Waals surface area contributed by atoms with E-state index in [-0.39, 0.29) is 11.6 Å². The number of halogens is 2. The molecule has 0 N–H and O–H groups in total. The molecule has 0 atom stereocenters. The number of benzene rings is 1. The van der Waals surface area contributed by atoms with Crippen molar-refractivity contribution in [2.75, 3.05) is 6.61 Å². The fourth-order valence-corrected chi connectivity index (χ4v) is 1.52. The number of fused-ring (bicyclic) bond motifs is 1. The van der Waals surface area contributed by atoms with E-state index in [9.17, 15) is 9.18 Å². The molecule has 2 nitrogen and oxygen atoms in total. The van der Waals surface area contributed by atoms with Gasteiger partial charge in [0.15, 0.2) is 6.29 Å². The van der Waals surface area contributed by atoms with Crippen molar-refractivity contribution < 1.29 is 13.9 Å². The Morgan fingerprint density at radius 1 is 1.50 bits per heavy atom. The van der Waals surface area contributed by atoms with Crippen LogP contribution >= 0.6 is 11.6 Å². The van der Waals surface area contributed by atoms with Crippen LogP contribution in [0.3, 0.4) is 0 Å². The topological polar surface area (TPSA) is 26.3 Å². The average molecular weight is 213 g/mol. The first-order valence-corrected chi connectivity index (χ1v) is 4.36. The third-order valence-corrected chi connectivity index (χ3v) is 2.43. The van der Waals surface area contributed by atoms with Crippen molar-refractivity contribution in [1.29, 1.82) is 0 Å². The Balaban J connectivity index is 2.60. The lowest BCUT2D eigenvalue weighted by Crippen LogP contribution is -2.10. The molecule has 14 heavy (non-hydrogen) atoms. The van der Waals surface area contributed by atoms with E-state index < -0.39 is 5.82 Å². The second-order valence-electron chi connectivity index (χ2n) is 2.89. The minimum absolute atomic E-state index is 0.140. The molecule has 1 aliphatic rings. The summed E-state index contributed by atoms with van der Waals surface area (Å²) in [6.07, 6.45) is 0.621. The number of hydrogen-bond acceptors (Lipinski definition) is 2. The van der Waals surface area contributed by atoms with E-state index in [1.165, 1.54) is 18.2 Å². The number of aldehydes is 1. The fraction of sp³-hybridized carbons (Fsp3) is 0.100. The summed E-state index contributed by atoms with van der Waals surface area (Å²) in [4.78, 5) is 10.5. The molecule has 2 rings (SSSR count). The van der Waals surface area contributed by atoms with Gasteiger partial charge in [0.1, 0.15) is 18.2 Å². The van der Waals surface area contributed by atoms with Gasteiger partial charge in [-0.05, 0) is 18.2 Å². The Kier molecular flexibility index (Phi) is 2.25. The summed E-state index contributed by atoms with van der Waals surface area (Å²) in [6.45, 7) is 0.140. The summed E-state index contributed by atoms with van der Waals surface area (Å²) in [6, 6.07) is 4.03. The van der Waals surface area contributed by atoms with Crippen LogP contribution in [-0.4, -0.2) is 12.9 Å². The highest BCUT2D eigenvalue weighted by molar-refractivity contribution is 6.51. The maximum Gasteiger partial charge on any atom is 0.150 e. The third kappa shape index (κ3) is 1.40. The normalized spacial score (nSPS) is 14.7. The predicted molar refractivity (Wildman–Crippen MR) is 50.7 cm³/mol. The molecule has 0 fully saturated rings. The maximum absolute atomic E-state index is 12.9. The van der Waals surface area contributed by atoms with Crippen molar-refractivity contribution in [2.45, 2.75) is 0 Å². The van der Waals surface area contributed by atoms with Crippen molar-refractivity contribution in [3.8, 4) is 5.75 Å². The summed E-state index contributed by atoms with van der Waals surface area (Å²) in [5.74, 6) is 0.0969. The highest BCUT2D eigenvalue weighted by Crippen LogP contribution is 2.35. The smallest absolute Gasteiger partial charge is 0.150 e. The van der Waals surface area contributed by atoms with E-state index in [0.717, 1.165) is 0 Å². The average Bonchev–Trinajstić information content (AvgIpc) is 2.20. The quantitative estimate of drug-likeness (QED) is 0.668. The van der Waals surface area contributed by atoms with Crippen LogP contribution in [0.1, 0.15) is 5.56 Å². The van der Waals surface area contributed by atoms with Gasteiger partial charge in [-0.15, -0.1) is 0 Å². The lowest BCUT2D eigenvalue weighted by Gasteiger charge is -2.17. The molecule has 1 aromatic rings. The second-order valence-corrected chi connectivity index (χ2v) is 3.26. The van der Waals surface area contributed by atoms with Crippen molar-refractivity contribution in [1.82, 2.24) is 0 Å². The zero-order valence-electron chi connectivity index (χ0n) is 7.09. The summed E-state index contributed by atoms with van der Waals surface area (Å²) in [5.41, 5.74) is 0.768. The van der Waals surface area contributed by atoms with Gasteiger partial charge in [-0.25, -0.2) is 4.39 Å². The number of ether oxygens (including phenoxy) is 1. The van der Waals surface area contributed by atoms with E-state index in [4.69, 9.17) is 16.3 Å². The second kappa shape index (κ2) is 3.42. The van der Waals surface area contributed by atoms with Gasteiger partial charge in [-0.3, -0.25) is 4.79 Å². The maximum atomic E-state index is 12.9. The zero-order chi connectivity index (χ0) is 10.1. The molecule has 0 saturated carbocycles. The molecular weight excluding hydrogens is 207 g/mol. The third-order valence-electron chi connectivity index (χ3n) is 1.99. The number of carbonyl (C=O) groups excluding carboxylic acids is 1. The van der Waals surface area contributed by atoms with Gasteiger partial charge >= 0.3 is 0 Å². The van der Waals surface area contributed by atoms with Crippen LogP contribution in [0.4, 0.5) is 4.39 Å². The SMILES string of the molecule is O=CC1=C(Cl)c2cc(F)ccc2OC1. The predicted octanol–water partition coefficient (Wildman–Crippen LogP) is 2.37. The molecule has 0 aromatic heterocycles. The molecule has 0 amide bonds. The van der Waals surface area contributed by atoms with Crippen molar-refractivity contribution in [2.24, 2.45) is 0 Å². The summed E-state index contributed by atoms with van der Waals surface area (Å²) < 4.78 is 18.1. The highest BCUT2D eigenvalue weighted by atomic mass is 35.5. The Bertz CT molecular complexity index is 426. The lowest BCUT2D eigenvalue weighted by atomic mass is 10.1. The van der Waals surface area contributed by atoms with Crippen LogP contribution in [0.25, 0.3) is 5.03 Å².